The highest BCUT2D eigenvalue weighted by Gasteiger charge is 2.40. The third kappa shape index (κ3) is 8.48. The van der Waals surface area contributed by atoms with Gasteiger partial charge in [0, 0.05) is 31.2 Å². The lowest BCUT2D eigenvalue weighted by Gasteiger charge is -2.30. The number of ether oxygens (including phenoxy) is 1. The van der Waals surface area contributed by atoms with Gasteiger partial charge in [-0.2, -0.15) is 0 Å². The average Bonchev–Trinajstić information content (AvgIpc) is 3.71. The Kier molecular flexibility index (Phi) is 10.6. The number of amides is 1. The molecule has 10 nitrogen and oxygen atoms in total. The molecule has 2 aromatic heterocycles. The summed E-state index contributed by atoms with van der Waals surface area (Å²) < 4.78 is 34.0. The zero-order valence-electron chi connectivity index (χ0n) is 30.0. The number of benzene rings is 2. The highest BCUT2D eigenvalue weighted by Crippen LogP contribution is 2.37. The van der Waals surface area contributed by atoms with Crippen molar-refractivity contribution < 1.29 is 22.7 Å². The molecule has 11 heteroatoms. The molecule has 268 valence electrons. The van der Waals surface area contributed by atoms with Crippen LogP contribution in [-0.2, 0) is 32.6 Å². The van der Waals surface area contributed by atoms with Crippen molar-refractivity contribution in [2.24, 2.45) is 11.8 Å². The molecule has 0 bridgehead atoms. The molecule has 51 heavy (non-hydrogen) atoms. The van der Waals surface area contributed by atoms with Gasteiger partial charge in [0.25, 0.3) is 0 Å². The minimum atomic E-state index is -3.81. The smallest absolute Gasteiger partial charge is 0.416 e. The van der Waals surface area contributed by atoms with Crippen LogP contribution in [0.2, 0.25) is 0 Å². The van der Waals surface area contributed by atoms with Crippen molar-refractivity contribution in [1.29, 1.82) is 0 Å². The quantitative estimate of drug-likeness (QED) is 0.159. The summed E-state index contributed by atoms with van der Waals surface area (Å²) in [4.78, 5) is 40.6. The monoisotopic (exact) mass is 709 g/mol. The van der Waals surface area contributed by atoms with Crippen LogP contribution in [0.5, 0.6) is 0 Å². The van der Waals surface area contributed by atoms with Crippen molar-refractivity contribution in [3.8, 4) is 0 Å². The SMILES string of the molecule is CC1=CCC(S(=O)(=O)n2ccc3nc(N(CC(=O)C4CC(N(Cc5ccccc5)Cc5ccccc5)CC4C)C(=O)OC(C)(C)C)cnc32)C=C1. The van der Waals surface area contributed by atoms with E-state index in [0.717, 1.165) is 29.1 Å². The highest BCUT2D eigenvalue weighted by atomic mass is 32.2. The van der Waals surface area contributed by atoms with Gasteiger partial charge in [-0.3, -0.25) is 14.6 Å². The Morgan fingerprint density at radius 3 is 2.20 bits per heavy atom. The van der Waals surface area contributed by atoms with Crippen LogP contribution in [-0.4, -0.2) is 62.6 Å². The van der Waals surface area contributed by atoms with Crippen molar-refractivity contribution in [3.05, 3.63) is 114 Å². The summed E-state index contributed by atoms with van der Waals surface area (Å²) in [5, 5.41) is -0.734. The third-order valence-electron chi connectivity index (χ3n) is 9.69. The summed E-state index contributed by atoms with van der Waals surface area (Å²) in [5.74, 6) is -0.145. The molecular formula is C40H47N5O5S. The lowest BCUT2D eigenvalue weighted by Crippen LogP contribution is -2.42. The lowest BCUT2D eigenvalue weighted by atomic mass is 9.93. The molecule has 2 heterocycles. The summed E-state index contributed by atoms with van der Waals surface area (Å²) in [6.45, 7) is 10.6. The van der Waals surface area contributed by atoms with Gasteiger partial charge in [0.05, 0.1) is 12.7 Å². The van der Waals surface area contributed by atoms with Crippen LogP contribution < -0.4 is 4.90 Å². The molecule has 0 N–H and O–H groups in total. The van der Waals surface area contributed by atoms with E-state index >= 15 is 0 Å². The Balaban J connectivity index is 1.24. The Morgan fingerprint density at radius 2 is 1.61 bits per heavy atom. The number of hydrogen-bond donors (Lipinski definition) is 0. The summed E-state index contributed by atoms with van der Waals surface area (Å²) in [5.41, 5.74) is 3.05. The zero-order valence-corrected chi connectivity index (χ0v) is 30.8. The molecule has 0 radical (unpaired) electrons. The predicted octanol–water partition coefficient (Wildman–Crippen LogP) is 7.31. The molecule has 1 fully saturated rings. The number of rotatable bonds is 11. The number of anilines is 1. The lowest BCUT2D eigenvalue weighted by molar-refractivity contribution is -0.122. The van der Waals surface area contributed by atoms with Crippen molar-refractivity contribution >= 4 is 38.9 Å². The number of carbonyl (C=O) groups excluding carboxylic acids is 2. The number of nitrogens with zero attached hydrogens (tertiary/aromatic N) is 5. The first-order chi connectivity index (χ1) is 24.3. The van der Waals surface area contributed by atoms with Gasteiger partial charge < -0.3 is 4.74 Å². The minimum Gasteiger partial charge on any atom is -0.443 e. The first kappa shape index (κ1) is 36.2. The Hall–Kier alpha value is -4.61. The van der Waals surface area contributed by atoms with E-state index in [2.05, 4.69) is 46.1 Å². The molecule has 2 aliphatic carbocycles. The predicted molar refractivity (Wildman–Crippen MR) is 200 cm³/mol. The molecule has 6 rings (SSSR count). The molecule has 1 amide bonds. The van der Waals surface area contributed by atoms with Crippen molar-refractivity contribution in [1.82, 2.24) is 18.8 Å². The highest BCUT2D eigenvalue weighted by molar-refractivity contribution is 7.90. The van der Waals surface area contributed by atoms with Gasteiger partial charge in [-0.1, -0.05) is 91.4 Å². The van der Waals surface area contributed by atoms with Crippen LogP contribution >= 0.6 is 0 Å². The molecular weight excluding hydrogens is 663 g/mol. The van der Waals surface area contributed by atoms with E-state index in [4.69, 9.17) is 4.74 Å². The Labute approximate surface area is 300 Å². The summed E-state index contributed by atoms with van der Waals surface area (Å²) in [6.07, 6.45) is 9.31. The maximum absolute atomic E-state index is 14.2. The van der Waals surface area contributed by atoms with E-state index in [-0.39, 0.29) is 47.2 Å². The van der Waals surface area contributed by atoms with Crippen molar-refractivity contribution in [3.63, 3.8) is 0 Å². The van der Waals surface area contributed by atoms with Crippen LogP contribution in [0.15, 0.2) is 103 Å². The standard InChI is InChI=1S/C40H47N5O5S/c1-28-16-18-33(19-17-28)51(48,49)45-21-20-35-38(45)41-24-37(42-35)44(39(47)50-40(3,4)5)27-36(46)34-23-32(22-29(34)2)43(25-30-12-8-6-9-13-30)26-31-14-10-7-11-15-31/h6-18,20-21,24,29,32-34H,19,22-23,25-27H2,1-5H3. The largest absolute Gasteiger partial charge is 0.443 e. The van der Waals surface area contributed by atoms with Crippen molar-refractivity contribution in [2.75, 3.05) is 11.4 Å². The summed E-state index contributed by atoms with van der Waals surface area (Å²) >= 11 is 0. The fraction of sp³-hybridized carbons (Fsp3) is 0.400. The third-order valence-corrected chi connectivity index (χ3v) is 11.7. The van der Waals surface area contributed by atoms with E-state index in [0.29, 0.717) is 12.8 Å². The second-order valence-electron chi connectivity index (χ2n) is 14.8. The van der Waals surface area contributed by atoms with E-state index in [1.54, 1.807) is 39.0 Å². The number of allylic oxidation sites excluding steroid dienone is 3. The minimum absolute atomic E-state index is 0.0790. The van der Waals surface area contributed by atoms with Gasteiger partial charge in [-0.15, -0.1) is 0 Å². The van der Waals surface area contributed by atoms with E-state index in [9.17, 15) is 18.0 Å². The van der Waals surface area contributed by atoms with E-state index < -0.39 is 27.0 Å². The Bertz CT molecular complexity index is 1990. The van der Waals surface area contributed by atoms with Crippen LogP contribution in [0.3, 0.4) is 0 Å². The van der Waals surface area contributed by atoms with Gasteiger partial charge in [0.2, 0.25) is 10.0 Å². The first-order valence-corrected chi connectivity index (χ1v) is 19.1. The number of fused-ring (bicyclic) bond motifs is 1. The van der Waals surface area contributed by atoms with E-state index in [1.807, 2.05) is 49.4 Å². The van der Waals surface area contributed by atoms with Crippen LogP contribution in [0.4, 0.5) is 10.6 Å². The molecule has 0 spiro atoms. The molecule has 4 unspecified atom stereocenters. The number of Topliss-reactive ketones (excluding diaryl/α,β-unsaturated/α-hetero) is 1. The zero-order chi connectivity index (χ0) is 36.3. The molecule has 2 aliphatic rings. The molecule has 0 saturated heterocycles. The topological polar surface area (TPSA) is 115 Å². The molecule has 4 aromatic rings. The summed E-state index contributed by atoms with van der Waals surface area (Å²) in [7, 11) is -3.81. The maximum Gasteiger partial charge on any atom is 0.416 e. The fourth-order valence-corrected chi connectivity index (χ4v) is 8.55. The maximum atomic E-state index is 14.2. The molecule has 0 aliphatic heterocycles. The molecule has 4 atom stereocenters. The second kappa shape index (κ2) is 14.9. The average molecular weight is 710 g/mol. The number of aromatic nitrogens is 3. The van der Waals surface area contributed by atoms with E-state index in [1.165, 1.54) is 28.4 Å². The van der Waals surface area contributed by atoms with Gasteiger partial charge in [-0.05, 0) is 70.1 Å². The first-order valence-electron chi connectivity index (χ1n) is 17.6. The van der Waals surface area contributed by atoms with Crippen LogP contribution in [0, 0.1) is 11.8 Å². The molecule has 1 saturated carbocycles. The Morgan fingerprint density at radius 1 is 0.961 bits per heavy atom. The summed E-state index contributed by atoms with van der Waals surface area (Å²) in [6, 6.07) is 22.5. The fourth-order valence-electron chi connectivity index (χ4n) is 7.03. The van der Waals surface area contributed by atoms with Crippen molar-refractivity contribution in [2.45, 2.75) is 83.9 Å². The second-order valence-corrected chi connectivity index (χ2v) is 16.8. The van der Waals surface area contributed by atoms with Gasteiger partial charge >= 0.3 is 6.09 Å². The van der Waals surface area contributed by atoms with Crippen LogP contribution in [0.1, 0.15) is 65.0 Å². The van der Waals surface area contributed by atoms with Crippen LogP contribution in [0.25, 0.3) is 11.2 Å². The number of ketones is 1. The molecule has 2 aromatic carbocycles. The normalized spacial score (nSPS) is 20.8. The number of carbonyl (C=O) groups is 2. The van der Waals surface area contributed by atoms with Gasteiger partial charge in [0.1, 0.15) is 16.4 Å². The van der Waals surface area contributed by atoms with Gasteiger partial charge in [-0.25, -0.2) is 27.2 Å². The van der Waals surface area contributed by atoms with Gasteiger partial charge in [0.15, 0.2) is 17.2 Å². The number of hydrogen-bond acceptors (Lipinski definition) is 8.